The number of carbonyl (C=O) groups excluding carboxylic acids is 2. The highest BCUT2D eigenvalue weighted by Crippen LogP contribution is 2.30. The van der Waals surface area contributed by atoms with Crippen LogP contribution in [0.15, 0.2) is 48.5 Å². The molecule has 27 heavy (non-hydrogen) atoms. The maximum absolute atomic E-state index is 12.5. The second-order valence-electron chi connectivity index (χ2n) is 7.20. The molecule has 0 saturated heterocycles. The van der Waals surface area contributed by atoms with Gasteiger partial charge in [-0.05, 0) is 61.9 Å². The number of amides is 2. The van der Waals surface area contributed by atoms with Gasteiger partial charge in [-0.25, -0.2) is 0 Å². The molecule has 0 unspecified atom stereocenters. The molecule has 0 heterocycles. The van der Waals surface area contributed by atoms with E-state index in [1.165, 1.54) is 0 Å². The van der Waals surface area contributed by atoms with Gasteiger partial charge >= 0.3 is 0 Å². The second-order valence-corrected chi connectivity index (χ2v) is 7.64. The van der Waals surface area contributed by atoms with Crippen LogP contribution in [0.25, 0.3) is 0 Å². The molecule has 1 aliphatic rings. The van der Waals surface area contributed by atoms with Crippen LogP contribution >= 0.6 is 11.6 Å². The van der Waals surface area contributed by atoms with Crippen molar-refractivity contribution in [1.29, 1.82) is 0 Å². The van der Waals surface area contributed by atoms with Crippen LogP contribution in [0.3, 0.4) is 0 Å². The molecule has 3 rings (SSSR count). The van der Waals surface area contributed by atoms with Crippen LogP contribution in [0.4, 0.5) is 5.69 Å². The molecular weight excluding hydrogens is 360 g/mol. The van der Waals surface area contributed by atoms with E-state index in [9.17, 15) is 9.59 Å². The molecule has 0 bridgehead atoms. The van der Waals surface area contributed by atoms with E-state index in [0.717, 1.165) is 42.5 Å². The van der Waals surface area contributed by atoms with Crippen LogP contribution in [0.1, 0.15) is 36.8 Å². The fraction of sp³-hybridized carbons (Fsp3) is 0.364. The standard InChI is InChI=1S/C22H25ClN2O2/c1-15-13-19(23)11-12-20(15)25-22(27)18-9-7-17(8-10-18)21(26)24-14-16-5-3-2-4-6-16/h2-6,11-13,17-18H,7-10,14H2,1H3,(H,24,26)(H,25,27). The number of rotatable bonds is 5. The number of hydrogen-bond donors (Lipinski definition) is 2. The van der Waals surface area contributed by atoms with Crippen molar-refractivity contribution in [3.63, 3.8) is 0 Å². The zero-order valence-corrected chi connectivity index (χ0v) is 16.3. The summed E-state index contributed by atoms with van der Waals surface area (Å²) in [5.74, 6) is 0.0723. The number of carbonyl (C=O) groups is 2. The summed E-state index contributed by atoms with van der Waals surface area (Å²) in [6.45, 7) is 2.48. The van der Waals surface area contributed by atoms with Crippen molar-refractivity contribution in [3.05, 3.63) is 64.7 Å². The minimum absolute atomic E-state index is 0.00460. The van der Waals surface area contributed by atoms with E-state index in [1.807, 2.05) is 49.4 Å². The summed E-state index contributed by atoms with van der Waals surface area (Å²) in [5.41, 5.74) is 2.84. The first kappa shape index (κ1) is 19.4. The molecule has 1 fully saturated rings. The number of hydrogen-bond acceptors (Lipinski definition) is 2. The Morgan fingerprint density at radius 2 is 1.59 bits per heavy atom. The van der Waals surface area contributed by atoms with Gasteiger partial charge in [0.2, 0.25) is 11.8 Å². The van der Waals surface area contributed by atoms with Gasteiger partial charge in [0.15, 0.2) is 0 Å². The minimum Gasteiger partial charge on any atom is -0.352 e. The Hall–Kier alpha value is -2.33. The van der Waals surface area contributed by atoms with Crippen molar-refractivity contribution in [2.75, 3.05) is 5.32 Å². The highest BCUT2D eigenvalue weighted by atomic mass is 35.5. The monoisotopic (exact) mass is 384 g/mol. The summed E-state index contributed by atoms with van der Waals surface area (Å²) >= 11 is 5.96. The summed E-state index contributed by atoms with van der Waals surface area (Å²) in [6, 6.07) is 15.3. The van der Waals surface area contributed by atoms with Crippen molar-refractivity contribution in [2.45, 2.75) is 39.2 Å². The molecule has 2 aromatic carbocycles. The lowest BCUT2D eigenvalue weighted by molar-refractivity contribution is -0.128. The Bertz CT molecular complexity index is 799. The number of nitrogens with one attached hydrogen (secondary N) is 2. The largest absolute Gasteiger partial charge is 0.352 e. The summed E-state index contributed by atoms with van der Waals surface area (Å²) in [7, 11) is 0. The van der Waals surface area contributed by atoms with Gasteiger partial charge in [-0.2, -0.15) is 0 Å². The SMILES string of the molecule is Cc1cc(Cl)ccc1NC(=O)C1CCC(C(=O)NCc2ccccc2)CC1. The van der Waals surface area contributed by atoms with Crippen LogP contribution in [0.2, 0.25) is 5.02 Å². The lowest BCUT2D eigenvalue weighted by Crippen LogP contribution is -2.35. The summed E-state index contributed by atoms with van der Waals surface area (Å²) in [5, 5.41) is 6.67. The van der Waals surface area contributed by atoms with Gasteiger partial charge in [0.1, 0.15) is 0 Å². The number of halogens is 1. The highest BCUT2D eigenvalue weighted by Gasteiger charge is 2.30. The molecule has 5 heteroatoms. The Kier molecular flexibility index (Phi) is 6.51. The predicted molar refractivity (Wildman–Crippen MR) is 109 cm³/mol. The average molecular weight is 385 g/mol. The maximum atomic E-state index is 12.5. The summed E-state index contributed by atoms with van der Waals surface area (Å²) in [4.78, 5) is 24.9. The zero-order chi connectivity index (χ0) is 19.2. The van der Waals surface area contributed by atoms with Crippen molar-refractivity contribution in [1.82, 2.24) is 5.32 Å². The smallest absolute Gasteiger partial charge is 0.227 e. The van der Waals surface area contributed by atoms with Crippen molar-refractivity contribution in [2.24, 2.45) is 11.8 Å². The van der Waals surface area contributed by atoms with Crippen LogP contribution < -0.4 is 10.6 Å². The molecule has 1 aliphatic carbocycles. The van der Waals surface area contributed by atoms with Crippen molar-refractivity contribution in [3.8, 4) is 0 Å². The van der Waals surface area contributed by atoms with Gasteiger partial charge in [0.25, 0.3) is 0 Å². The van der Waals surface area contributed by atoms with Crippen LogP contribution in [-0.2, 0) is 16.1 Å². The van der Waals surface area contributed by atoms with E-state index in [4.69, 9.17) is 11.6 Å². The van der Waals surface area contributed by atoms with E-state index >= 15 is 0 Å². The topological polar surface area (TPSA) is 58.2 Å². The van der Waals surface area contributed by atoms with Crippen molar-refractivity contribution >= 4 is 29.1 Å². The Labute approximate surface area is 165 Å². The molecule has 2 amide bonds. The third kappa shape index (κ3) is 5.33. The number of aryl methyl sites for hydroxylation is 1. The first-order valence-electron chi connectivity index (χ1n) is 9.41. The van der Waals surface area contributed by atoms with Crippen LogP contribution in [0.5, 0.6) is 0 Å². The van der Waals surface area contributed by atoms with Gasteiger partial charge in [0, 0.05) is 29.1 Å². The Balaban J connectivity index is 1.46. The molecule has 0 radical (unpaired) electrons. The second kappa shape index (κ2) is 9.05. The molecule has 142 valence electrons. The molecule has 2 N–H and O–H groups in total. The van der Waals surface area contributed by atoms with Gasteiger partial charge in [-0.1, -0.05) is 41.9 Å². The van der Waals surface area contributed by atoms with Gasteiger partial charge in [0.05, 0.1) is 0 Å². The summed E-state index contributed by atoms with van der Waals surface area (Å²) < 4.78 is 0. The Morgan fingerprint density at radius 1 is 0.963 bits per heavy atom. The quantitative estimate of drug-likeness (QED) is 0.784. The molecular formula is C22H25ClN2O2. The van der Waals surface area contributed by atoms with Crippen molar-refractivity contribution < 1.29 is 9.59 Å². The first-order valence-corrected chi connectivity index (χ1v) is 9.79. The first-order chi connectivity index (χ1) is 13.0. The van der Waals surface area contributed by atoms with Gasteiger partial charge in [-0.3, -0.25) is 9.59 Å². The summed E-state index contributed by atoms with van der Waals surface area (Å²) in [6.07, 6.45) is 2.97. The average Bonchev–Trinajstić information content (AvgIpc) is 2.69. The van der Waals surface area contributed by atoms with E-state index < -0.39 is 0 Å². The molecule has 2 aromatic rings. The molecule has 0 aromatic heterocycles. The lowest BCUT2D eigenvalue weighted by Gasteiger charge is -2.27. The predicted octanol–water partition coefficient (Wildman–Crippen LogP) is 4.71. The number of benzene rings is 2. The highest BCUT2D eigenvalue weighted by molar-refractivity contribution is 6.30. The minimum atomic E-state index is -0.0433. The molecule has 0 aliphatic heterocycles. The third-order valence-corrected chi connectivity index (χ3v) is 5.46. The van der Waals surface area contributed by atoms with Crippen LogP contribution in [-0.4, -0.2) is 11.8 Å². The van der Waals surface area contributed by atoms with E-state index in [0.29, 0.717) is 11.6 Å². The fourth-order valence-corrected chi connectivity index (χ4v) is 3.78. The normalized spacial score (nSPS) is 19.3. The van der Waals surface area contributed by atoms with Gasteiger partial charge < -0.3 is 10.6 Å². The van der Waals surface area contributed by atoms with Gasteiger partial charge in [-0.15, -0.1) is 0 Å². The van der Waals surface area contributed by atoms with Crippen LogP contribution in [0, 0.1) is 18.8 Å². The third-order valence-electron chi connectivity index (χ3n) is 5.22. The van der Waals surface area contributed by atoms with E-state index in [1.54, 1.807) is 6.07 Å². The molecule has 0 spiro atoms. The number of anilines is 1. The Morgan fingerprint density at radius 3 is 2.22 bits per heavy atom. The van der Waals surface area contributed by atoms with E-state index in [2.05, 4.69) is 10.6 Å². The van der Waals surface area contributed by atoms with E-state index in [-0.39, 0.29) is 23.7 Å². The molecule has 1 saturated carbocycles. The maximum Gasteiger partial charge on any atom is 0.227 e. The lowest BCUT2D eigenvalue weighted by atomic mass is 9.81. The zero-order valence-electron chi connectivity index (χ0n) is 15.5. The molecule has 0 atom stereocenters. The molecule has 4 nitrogen and oxygen atoms in total. The fourth-order valence-electron chi connectivity index (χ4n) is 3.55.